The van der Waals surface area contributed by atoms with Crippen LogP contribution in [0.2, 0.25) is 0 Å². The SMILES string of the molecule is N#CCCNc1cc(Nc2ccc(Br)s2)ncn1. The second-order valence-electron chi connectivity index (χ2n) is 3.35. The fourth-order valence-electron chi connectivity index (χ4n) is 1.28. The van der Waals surface area contributed by atoms with Crippen LogP contribution in [0.1, 0.15) is 6.42 Å². The largest absolute Gasteiger partial charge is 0.369 e. The first-order valence-electron chi connectivity index (χ1n) is 5.23. The van der Waals surface area contributed by atoms with Crippen LogP contribution in [0.5, 0.6) is 0 Å². The van der Waals surface area contributed by atoms with Gasteiger partial charge in [0.2, 0.25) is 0 Å². The number of rotatable bonds is 5. The fraction of sp³-hybridized carbons (Fsp3) is 0.182. The highest BCUT2D eigenvalue weighted by molar-refractivity contribution is 9.11. The van der Waals surface area contributed by atoms with Gasteiger partial charge in [-0.25, -0.2) is 9.97 Å². The number of hydrogen-bond acceptors (Lipinski definition) is 6. The summed E-state index contributed by atoms with van der Waals surface area (Å²) in [6.07, 6.45) is 1.93. The van der Waals surface area contributed by atoms with Gasteiger partial charge in [-0.05, 0) is 28.1 Å². The molecule has 0 aliphatic carbocycles. The van der Waals surface area contributed by atoms with Crippen LogP contribution in [0.25, 0.3) is 0 Å². The van der Waals surface area contributed by atoms with E-state index >= 15 is 0 Å². The van der Waals surface area contributed by atoms with Crippen LogP contribution in [0.4, 0.5) is 16.6 Å². The molecule has 7 heteroatoms. The molecule has 2 aromatic rings. The average Bonchev–Trinajstić information content (AvgIpc) is 2.76. The van der Waals surface area contributed by atoms with Crippen molar-refractivity contribution in [3.63, 3.8) is 0 Å². The van der Waals surface area contributed by atoms with E-state index in [4.69, 9.17) is 5.26 Å². The normalized spacial score (nSPS) is 9.78. The van der Waals surface area contributed by atoms with Crippen molar-refractivity contribution in [2.24, 2.45) is 0 Å². The molecule has 0 aliphatic rings. The van der Waals surface area contributed by atoms with Crippen molar-refractivity contribution in [3.05, 3.63) is 28.3 Å². The molecule has 0 radical (unpaired) electrons. The Kier molecular flexibility index (Phi) is 4.50. The summed E-state index contributed by atoms with van der Waals surface area (Å²) in [6, 6.07) is 7.82. The Morgan fingerprint density at radius 1 is 1.33 bits per heavy atom. The first-order chi connectivity index (χ1) is 8.78. The molecular formula is C11H10BrN5S. The molecule has 2 aromatic heterocycles. The molecule has 92 valence electrons. The minimum atomic E-state index is 0.449. The van der Waals surface area contributed by atoms with Crippen LogP contribution < -0.4 is 10.6 Å². The molecular weight excluding hydrogens is 314 g/mol. The van der Waals surface area contributed by atoms with E-state index in [1.54, 1.807) is 11.3 Å². The van der Waals surface area contributed by atoms with Crippen molar-refractivity contribution in [1.29, 1.82) is 5.26 Å². The highest BCUT2D eigenvalue weighted by Gasteiger charge is 2.01. The Labute approximate surface area is 117 Å². The number of hydrogen-bond donors (Lipinski definition) is 2. The second kappa shape index (κ2) is 6.33. The molecule has 0 aliphatic heterocycles. The molecule has 0 amide bonds. The van der Waals surface area contributed by atoms with Crippen molar-refractivity contribution in [1.82, 2.24) is 9.97 Å². The lowest BCUT2D eigenvalue weighted by atomic mass is 10.4. The van der Waals surface area contributed by atoms with Gasteiger partial charge in [0.25, 0.3) is 0 Å². The van der Waals surface area contributed by atoms with Gasteiger partial charge in [-0.3, -0.25) is 0 Å². The van der Waals surface area contributed by atoms with Gasteiger partial charge in [0.05, 0.1) is 21.3 Å². The maximum absolute atomic E-state index is 8.46. The quantitative estimate of drug-likeness (QED) is 0.825. The predicted octanol–water partition coefficient (Wildman–Crippen LogP) is 3.37. The lowest BCUT2D eigenvalue weighted by Gasteiger charge is -2.05. The minimum Gasteiger partial charge on any atom is -0.369 e. The standard InChI is InChI=1S/C11H10BrN5S/c12-8-2-3-11(18-8)17-10-6-9(15-7-16-10)14-5-1-4-13/h2-3,6-7H,1,5H2,(H2,14,15,16,17). The number of nitriles is 1. The number of anilines is 3. The maximum atomic E-state index is 8.46. The maximum Gasteiger partial charge on any atom is 0.136 e. The van der Waals surface area contributed by atoms with Crippen molar-refractivity contribution in [2.45, 2.75) is 6.42 Å². The van der Waals surface area contributed by atoms with Crippen LogP contribution in [-0.4, -0.2) is 16.5 Å². The number of halogens is 1. The molecule has 0 saturated carbocycles. The molecule has 0 fully saturated rings. The first kappa shape index (κ1) is 12.8. The monoisotopic (exact) mass is 323 g/mol. The first-order valence-corrected chi connectivity index (χ1v) is 6.84. The molecule has 0 bridgehead atoms. The third kappa shape index (κ3) is 3.68. The van der Waals surface area contributed by atoms with E-state index in [1.165, 1.54) is 6.33 Å². The van der Waals surface area contributed by atoms with Gasteiger partial charge in [0, 0.05) is 12.6 Å². The van der Waals surface area contributed by atoms with E-state index in [-0.39, 0.29) is 0 Å². The lowest BCUT2D eigenvalue weighted by Crippen LogP contribution is -2.03. The molecule has 5 nitrogen and oxygen atoms in total. The predicted molar refractivity (Wildman–Crippen MR) is 76.1 cm³/mol. The molecule has 2 N–H and O–H groups in total. The summed E-state index contributed by atoms with van der Waals surface area (Å²) in [5, 5.41) is 15.7. The summed E-state index contributed by atoms with van der Waals surface area (Å²) >= 11 is 5.00. The summed E-state index contributed by atoms with van der Waals surface area (Å²) in [5.41, 5.74) is 0. The Hall–Kier alpha value is -1.65. The summed E-state index contributed by atoms with van der Waals surface area (Å²) in [5.74, 6) is 1.43. The van der Waals surface area contributed by atoms with Crippen molar-refractivity contribution in [2.75, 3.05) is 17.2 Å². The lowest BCUT2D eigenvalue weighted by molar-refractivity contribution is 1.04. The zero-order valence-electron chi connectivity index (χ0n) is 9.35. The minimum absolute atomic E-state index is 0.449. The Bertz CT molecular complexity index is 563. The number of nitrogens with one attached hydrogen (secondary N) is 2. The van der Waals surface area contributed by atoms with Gasteiger partial charge < -0.3 is 10.6 Å². The van der Waals surface area contributed by atoms with Crippen LogP contribution in [-0.2, 0) is 0 Å². The average molecular weight is 324 g/mol. The third-order valence-electron chi connectivity index (χ3n) is 2.03. The van der Waals surface area contributed by atoms with E-state index in [1.807, 2.05) is 18.2 Å². The Balaban J connectivity index is 2.01. The van der Waals surface area contributed by atoms with Crippen molar-refractivity contribution < 1.29 is 0 Å². The molecule has 2 heterocycles. The van der Waals surface area contributed by atoms with Gasteiger partial charge in [0.1, 0.15) is 18.0 Å². The van der Waals surface area contributed by atoms with E-state index in [9.17, 15) is 0 Å². The smallest absolute Gasteiger partial charge is 0.136 e. The molecule has 2 rings (SSSR count). The van der Waals surface area contributed by atoms with Crippen LogP contribution >= 0.6 is 27.3 Å². The summed E-state index contributed by atoms with van der Waals surface area (Å²) in [4.78, 5) is 8.22. The van der Waals surface area contributed by atoms with Gasteiger partial charge >= 0.3 is 0 Å². The van der Waals surface area contributed by atoms with Gasteiger partial charge in [-0.1, -0.05) is 0 Å². The Morgan fingerprint density at radius 2 is 2.17 bits per heavy atom. The van der Waals surface area contributed by atoms with Gasteiger partial charge in [0.15, 0.2) is 0 Å². The molecule has 0 spiro atoms. The summed E-state index contributed by atoms with van der Waals surface area (Å²) < 4.78 is 1.06. The topological polar surface area (TPSA) is 73.6 Å². The van der Waals surface area contributed by atoms with Crippen molar-refractivity contribution in [3.8, 4) is 6.07 Å². The van der Waals surface area contributed by atoms with Gasteiger partial charge in [-0.2, -0.15) is 5.26 Å². The zero-order chi connectivity index (χ0) is 12.8. The number of thiophene rings is 1. The molecule has 0 aromatic carbocycles. The van der Waals surface area contributed by atoms with E-state index in [2.05, 4.69) is 42.6 Å². The van der Waals surface area contributed by atoms with E-state index in [0.717, 1.165) is 14.6 Å². The Morgan fingerprint density at radius 3 is 2.89 bits per heavy atom. The van der Waals surface area contributed by atoms with E-state index < -0.39 is 0 Å². The van der Waals surface area contributed by atoms with Crippen LogP contribution in [0.15, 0.2) is 28.3 Å². The molecule has 0 atom stereocenters. The summed E-state index contributed by atoms with van der Waals surface area (Å²) in [7, 11) is 0. The fourth-order valence-corrected chi connectivity index (χ4v) is 2.57. The summed E-state index contributed by atoms with van der Waals surface area (Å²) in [6.45, 7) is 0.581. The highest BCUT2D eigenvalue weighted by atomic mass is 79.9. The molecule has 0 unspecified atom stereocenters. The van der Waals surface area contributed by atoms with Crippen LogP contribution in [0, 0.1) is 11.3 Å². The zero-order valence-corrected chi connectivity index (χ0v) is 11.8. The second-order valence-corrected chi connectivity index (χ2v) is 5.82. The molecule has 0 saturated heterocycles. The number of aromatic nitrogens is 2. The van der Waals surface area contributed by atoms with Crippen molar-refractivity contribution >= 4 is 43.9 Å². The van der Waals surface area contributed by atoms with E-state index in [0.29, 0.717) is 18.8 Å². The van der Waals surface area contributed by atoms with Crippen LogP contribution in [0.3, 0.4) is 0 Å². The molecule has 18 heavy (non-hydrogen) atoms. The third-order valence-corrected chi connectivity index (χ3v) is 3.57. The van der Waals surface area contributed by atoms with Gasteiger partial charge in [-0.15, -0.1) is 11.3 Å². The number of nitrogens with zero attached hydrogens (tertiary/aromatic N) is 3. The highest BCUT2D eigenvalue weighted by Crippen LogP contribution is 2.28.